The maximum absolute atomic E-state index is 12.0. The molecule has 1 saturated heterocycles. The highest BCUT2D eigenvalue weighted by atomic mass is 16.7. The van der Waals surface area contributed by atoms with E-state index in [9.17, 15) is 9.59 Å². The second kappa shape index (κ2) is 4.12. The van der Waals surface area contributed by atoms with Gasteiger partial charge in [0.2, 0.25) is 0 Å². The van der Waals surface area contributed by atoms with Gasteiger partial charge in [0.1, 0.15) is 0 Å². The Bertz CT molecular complexity index is 482. The molecule has 1 aromatic carbocycles. The minimum absolute atomic E-state index is 0.0256. The van der Waals surface area contributed by atoms with Gasteiger partial charge in [-0.05, 0) is 25.0 Å². The van der Waals surface area contributed by atoms with Crippen LogP contribution in [0.15, 0.2) is 30.3 Å². The lowest BCUT2D eigenvalue weighted by Crippen LogP contribution is -2.37. The zero-order valence-electron chi connectivity index (χ0n) is 9.93. The molecule has 2 unspecified atom stereocenters. The summed E-state index contributed by atoms with van der Waals surface area (Å²) in [5, 5.41) is 0. The molecule has 0 radical (unpaired) electrons. The van der Waals surface area contributed by atoms with Crippen LogP contribution in [-0.4, -0.2) is 17.7 Å². The van der Waals surface area contributed by atoms with Crippen LogP contribution in [0.5, 0.6) is 0 Å². The summed E-state index contributed by atoms with van der Waals surface area (Å²) in [7, 11) is 0. The van der Waals surface area contributed by atoms with E-state index < -0.39 is 11.8 Å². The van der Waals surface area contributed by atoms with E-state index in [2.05, 4.69) is 0 Å². The summed E-state index contributed by atoms with van der Waals surface area (Å²) in [5.74, 6) is -1.65. The molecule has 0 aromatic heterocycles. The van der Waals surface area contributed by atoms with Crippen molar-refractivity contribution in [2.45, 2.75) is 31.5 Å². The molecule has 2 fully saturated rings. The topological polar surface area (TPSA) is 52.6 Å². The van der Waals surface area contributed by atoms with Gasteiger partial charge < -0.3 is 9.47 Å². The van der Waals surface area contributed by atoms with Gasteiger partial charge in [0.05, 0.1) is 12.0 Å². The molecule has 0 amide bonds. The highest BCUT2D eigenvalue weighted by Gasteiger charge is 2.55. The monoisotopic (exact) mass is 246 g/mol. The van der Waals surface area contributed by atoms with Crippen LogP contribution in [0.25, 0.3) is 0 Å². The smallest absolute Gasteiger partial charge is 0.341 e. The Kier molecular flexibility index (Phi) is 2.58. The Morgan fingerprint density at radius 2 is 2.11 bits per heavy atom. The van der Waals surface area contributed by atoms with E-state index in [1.807, 2.05) is 6.07 Å². The fraction of sp³-hybridized carbons (Fsp3) is 0.429. The Morgan fingerprint density at radius 3 is 2.89 bits per heavy atom. The molecule has 3 rings (SSSR count). The quantitative estimate of drug-likeness (QED) is 0.751. The first-order chi connectivity index (χ1) is 8.70. The molecule has 1 aliphatic heterocycles. The molecular weight excluding hydrogens is 232 g/mol. The molecule has 4 heteroatoms. The summed E-state index contributed by atoms with van der Waals surface area (Å²) in [5.41, 5.74) is 0.487. The van der Waals surface area contributed by atoms with E-state index in [-0.39, 0.29) is 11.9 Å². The van der Waals surface area contributed by atoms with E-state index in [0.717, 1.165) is 12.8 Å². The fourth-order valence-corrected chi connectivity index (χ4v) is 2.79. The van der Waals surface area contributed by atoms with Gasteiger partial charge >= 0.3 is 11.9 Å². The number of ether oxygens (including phenoxy) is 2. The third kappa shape index (κ3) is 1.78. The lowest BCUT2D eigenvalue weighted by molar-refractivity contribution is -0.195. The molecule has 94 valence electrons. The SMILES string of the molecule is O=C1CC2CCCC2(OC(=O)c2ccccc2)O1. The van der Waals surface area contributed by atoms with Crippen LogP contribution in [0.3, 0.4) is 0 Å². The first-order valence-corrected chi connectivity index (χ1v) is 6.20. The number of carbonyl (C=O) groups is 2. The normalized spacial score (nSPS) is 29.8. The van der Waals surface area contributed by atoms with E-state index in [0.29, 0.717) is 18.4 Å². The maximum Gasteiger partial charge on any atom is 0.341 e. The molecule has 0 N–H and O–H groups in total. The van der Waals surface area contributed by atoms with Gasteiger partial charge in [0, 0.05) is 12.3 Å². The Labute approximate surface area is 105 Å². The van der Waals surface area contributed by atoms with E-state index in [1.165, 1.54) is 0 Å². The number of hydrogen-bond acceptors (Lipinski definition) is 4. The number of rotatable bonds is 2. The van der Waals surface area contributed by atoms with Gasteiger partial charge in [-0.25, -0.2) is 4.79 Å². The van der Waals surface area contributed by atoms with E-state index in [1.54, 1.807) is 24.3 Å². The molecule has 1 heterocycles. The summed E-state index contributed by atoms with van der Waals surface area (Å²) in [6.45, 7) is 0. The van der Waals surface area contributed by atoms with Crippen LogP contribution in [0.1, 0.15) is 36.0 Å². The highest BCUT2D eigenvalue weighted by Crippen LogP contribution is 2.46. The molecule has 18 heavy (non-hydrogen) atoms. The van der Waals surface area contributed by atoms with E-state index >= 15 is 0 Å². The van der Waals surface area contributed by atoms with Crippen molar-refractivity contribution in [2.75, 3.05) is 0 Å². The Balaban J connectivity index is 1.80. The van der Waals surface area contributed by atoms with Gasteiger partial charge in [0.25, 0.3) is 5.79 Å². The van der Waals surface area contributed by atoms with Gasteiger partial charge in [0.15, 0.2) is 0 Å². The molecule has 1 aliphatic carbocycles. The molecule has 4 nitrogen and oxygen atoms in total. The zero-order valence-corrected chi connectivity index (χ0v) is 9.93. The number of carbonyl (C=O) groups excluding carboxylic acids is 2. The first-order valence-electron chi connectivity index (χ1n) is 6.20. The van der Waals surface area contributed by atoms with Crippen LogP contribution in [-0.2, 0) is 14.3 Å². The van der Waals surface area contributed by atoms with Crippen molar-refractivity contribution in [3.8, 4) is 0 Å². The molecule has 1 saturated carbocycles. The van der Waals surface area contributed by atoms with Crippen molar-refractivity contribution in [3.05, 3.63) is 35.9 Å². The Morgan fingerprint density at radius 1 is 1.33 bits per heavy atom. The minimum Gasteiger partial charge on any atom is -0.422 e. The van der Waals surface area contributed by atoms with Gasteiger partial charge in [-0.3, -0.25) is 4.79 Å². The number of hydrogen-bond donors (Lipinski definition) is 0. The lowest BCUT2D eigenvalue weighted by Gasteiger charge is -2.27. The molecule has 0 spiro atoms. The van der Waals surface area contributed by atoms with Crippen LogP contribution in [0.2, 0.25) is 0 Å². The summed E-state index contributed by atoms with van der Waals surface area (Å²) in [6.07, 6.45) is 2.79. The second-order valence-electron chi connectivity index (χ2n) is 4.83. The molecule has 2 atom stereocenters. The van der Waals surface area contributed by atoms with Crippen molar-refractivity contribution in [1.29, 1.82) is 0 Å². The predicted molar refractivity (Wildman–Crippen MR) is 62.6 cm³/mol. The van der Waals surface area contributed by atoms with Gasteiger partial charge in [-0.2, -0.15) is 0 Å². The average Bonchev–Trinajstić information content (AvgIpc) is 2.85. The second-order valence-corrected chi connectivity index (χ2v) is 4.83. The number of benzene rings is 1. The molecule has 1 aromatic rings. The highest BCUT2D eigenvalue weighted by molar-refractivity contribution is 5.90. The number of esters is 2. The molecule has 2 aliphatic rings. The largest absolute Gasteiger partial charge is 0.422 e. The zero-order chi connectivity index (χ0) is 12.6. The predicted octanol–water partition coefficient (Wildman–Crippen LogP) is 2.29. The van der Waals surface area contributed by atoms with Crippen molar-refractivity contribution in [2.24, 2.45) is 5.92 Å². The van der Waals surface area contributed by atoms with Gasteiger partial charge in [-0.15, -0.1) is 0 Å². The molecule has 0 bridgehead atoms. The fourth-order valence-electron chi connectivity index (χ4n) is 2.79. The minimum atomic E-state index is -0.996. The molecular formula is C14H14O4. The lowest BCUT2D eigenvalue weighted by atomic mass is 10.0. The van der Waals surface area contributed by atoms with Crippen molar-refractivity contribution in [1.82, 2.24) is 0 Å². The maximum atomic E-state index is 12.0. The summed E-state index contributed by atoms with van der Waals surface area (Å²) in [6, 6.07) is 8.78. The van der Waals surface area contributed by atoms with Crippen molar-refractivity contribution in [3.63, 3.8) is 0 Å². The summed E-state index contributed by atoms with van der Waals surface area (Å²) in [4.78, 5) is 23.4. The van der Waals surface area contributed by atoms with Gasteiger partial charge in [-0.1, -0.05) is 18.2 Å². The third-order valence-electron chi connectivity index (χ3n) is 3.67. The van der Waals surface area contributed by atoms with Crippen molar-refractivity contribution >= 4 is 11.9 Å². The Hall–Kier alpha value is -1.84. The number of fused-ring (bicyclic) bond motifs is 1. The van der Waals surface area contributed by atoms with Crippen LogP contribution < -0.4 is 0 Å². The van der Waals surface area contributed by atoms with Crippen molar-refractivity contribution < 1.29 is 19.1 Å². The summed E-state index contributed by atoms with van der Waals surface area (Å²) >= 11 is 0. The van der Waals surface area contributed by atoms with Crippen LogP contribution in [0.4, 0.5) is 0 Å². The van der Waals surface area contributed by atoms with Crippen LogP contribution >= 0.6 is 0 Å². The van der Waals surface area contributed by atoms with Crippen LogP contribution in [0, 0.1) is 5.92 Å². The first kappa shape index (κ1) is 11.3. The summed E-state index contributed by atoms with van der Waals surface area (Å²) < 4.78 is 10.8. The third-order valence-corrected chi connectivity index (χ3v) is 3.67. The average molecular weight is 246 g/mol. The standard InChI is InChI=1S/C14H14O4/c15-12-9-11-7-4-8-14(11,17-12)18-13(16)10-5-2-1-3-6-10/h1-3,5-6,11H,4,7-9H2. The van der Waals surface area contributed by atoms with E-state index in [4.69, 9.17) is 9.47 Å².